The van der Waals surface area contributed by atoms with Crippen molar-refractivity contribution < 1.29 is 5.21 Å². The molecule has 19 heavy (non-hydrogen) atoms. The molecule has 0 radical (unpaired) electrons. The third-order valence-electron chi connectivity index (χ3n) is 2.59. The van der Waals surface area contributed by atoms with Crippen molar-refractivity contribution in [3.05, 3.63) is 47.9 Å². The molecule has 0 saturated carbocycles. The van der Waals surface area contributed by atoms with E-state index in [4.69, 9.17) is 10.9 Å². The average molecular weight is 258 g/mol. The highest BCUT2D eigenvalue weighted by molar-refractivity contribution is 6.01. The minimum Gasteiger partial charge on any atom is -0.409 e. The van der Waals surface area contributed by atoms with Gasteiger partial charge in [0.1, 0.15) is 0 Å². The molecule has 2 aromatic heterocycles. The molecule has 0 bridgehead atoms. The maximum atomic E-state index is 8.77. The lowest BCUT2D eigenvalue weighted by molar-refractivity contribution is 0.318. The summed E-state index contributed by atoms with van der Waals surface area (Å²) in [7, 11) is 1.85. The third kappa shape index (κ3) is 2.95. The van der Waals surface area contributed by atoms with E-state index in [9.17, 15) is 0 Å². The van der Waals surface area contributed by atoms with E-state index in [1.807, 2.05) is 24.1 Å². The Morgan fingerprint density at radius 1 is 1.42 bits per heavy atom. The lowest BCUT2D eigenvalue weighted by Gasteiger charge is -2.19. The molecule has 0 aromatic carbocycles. The lowest BCUT2D eigenvalue weighted by Crippen LogP contribution is -2.24. The summed E-state index contributed by atoms with van der Waals surface area (Å²) < 4.78 is 0. The zero-order valence-electron chi connectivity index (χ0n) is 10.4. The van der Waals surface area contributed by atoms with Gasteiger partial charge in [0.25, 0.3) is 0 Å². The number of amidine groups is 1. The summed E-state index contributed by atoms with van der Waals surface area (Å²) in [5, 5.41) is 19.6. The van der Waals surface area contributed by atoms with Crippen LogP contribution in [0.1, 0.15) is 11.1 Å². The molecule has 0 aliphatic rings. The van der Waals surface area contributed by atoms with Crippen LogP contribution in [-0.4, -0.2) is 33.3 Å². The quantitative estimate of drug-likeness (QED) is 0.360. The Morgan fingerprint density at radius 3 is 2.95 bits per heavy atom. The number of aromatic nitrogens is 3. The number of pyridine rings is 1. The van der Waals surface area contributed by atoms with Crippen molar-refractivity contribution in [2.45, 2.75) is 6.54 Å². The van der Waals surface area contributed by atoms with Crippen LogP contribution in [-0.2, 0) is 6.54 Å². The highest BCUT2D eigenvalue weighted by atomic mass is 16.4. The minimum atomic E-state index is 0.00272. The van der Waals surface area contributed by atoms with Gasteiger partial charge < -0.3 is 15.8 Å². The predicted octanol–water partition coefficient (Wildman–Crippen LogP) is 0.603. The van der Waals surface area contributed by atoms with Gasteiger partial charge in [0.2, 0.25) is 0 Å². The molecule has 0 amide bonds. The van der Waals surface area contributed by atoms with Gasteiger partial charge in [-0.2, -0.15) is 5.10 Å². The summed E-state index contributed by atoms with van der Waals surface area (Å²) in [6.45, 7) is 0.595. The molecule has 98 valence electrons. The highest BCUT2D eigenvalue weighted by Crippen LogP contribution is 2.16. The molecule has 0 spiro atoms. The Balaban J connectivity index is 2.27. The van der Waals surface area contributed by atoms with Crippen LogP contribution in [0.5, 0.6) is 0 Å². The van der Waals surface area contributed by atoms with Crippen LogP contribution in [0, 0.1) is 0 Å². The number of nitrogens with zero attached hydrogens (tertiary/aromatic N) is 5. The molecule has 0 aliphatic carbocycles. The van der Waals surface area contributed by atoms with Crippen molar-refractivity contribution in [2.24, 2.45) is 10.9 Å². The van der Waals surface area contributed by atoms with E-state index in [0.29, 0.717) is 17.9 Å². The smallest absolute Gasteiger partial charge is 0.173 e. The topological polar surface area (TPSA) is 101 Å². The minimum absolute atomic E-state index is 0.00272. The summed E-state index contributed by atoms with van der Waals surface area (Å²) in [5.41, 5.74) is 7.18. The van der Waals surface area contributed by atoms with Crippen LogP contribution in [0.3, 0.4) is 0 Å². The van der Waals surface area contributed by atoms with Crippen molar-refractivity contribution in [1.82, 2.24) is 15.2 Å². The van der Waals surface area contributed by atoms with Crippen LogP contribution in [0.15, 0.2) is 41.9 Å². The number of hydrogen-bond donors (Lipinski definition) is 2. The number of oxime groups is 1. The van der Waals surface area contributed by atoms with Gasteiger partial charge in [0.15, 0.2) is 11.7 Å². The summed E-state index contributed by atoms with van der Waals surface area (Å²) in [4.78, 5) is 5.91. The van der Waals surface area contributed by atoms with Crippen molar-refractivity contribution >= 4 is 11.7 Å². The normalized spacial score (nSPS) is 11.3. The zero-order valence-corrected chi connectivity index (χ0v) is 10.4. The van der Waals surface area contributed by atoms with Gasteiger partial charge in [-0.25, -0.2) is 0 Å². The van der Waals surface area contributed by atoms with E-state index in [1.165, 1.54) is 6.20 Å². The summed E-state index contributed by atoms with van der Waals surface area (Å²) >= 11 is 0. The van der Waals surface area contributed by atoms with E-state index in [2.05, 4.69) is 20.3 Å². The van der Waals surface area contributed by atoms with E-state index in [1.54, 1.807) is 18.5 Å². The molecule has 0 fully saturated rings. The number of hydrogen-bond acceptors (Lipinski definition) is 6. The van der Waals surface area contributed by atoms with E-state index in [-0.39, 0.29) is 5.84 Å². The maximum Gasteiger partial charge on any atom is 0.173 e. The van der Waals surface area contributed by atoms with Crippen LogP contribution in [0.4, 0.5) is 5.82 Å². The first kappa shape index (κ1) is 12.7. The zero-order chi connectivity index (χ0) is 13.7. The fourth-order valence-corrected chi connectivity index (χ4v) is 1.70. The van der Waals surface area contributed by atoms with E-state index < -0.39 is 0 Å². The number of nitrogens with two attached hydrogens (primary N) is 1. The highest BCUT2D eigenvalue weighted by Gasteiger charge is 2.13. The average Bonchev–Trinajstić information content (AvgIpc) is 2.47. The molecule has 0 saturated heterocycles. The third-order valence-corrected chi connectivity index (χ3v) is 2.59. The van der Waals surface area contributed by atoms with Gasteiger partial charge >= 0.3 is 0 Å². The second-order valence-electron chi connectivity index (χ2n) is 3.97. The Bertz CT molecular complexity index is 571. The fourth-order valence-electron chi connectivity index (χ4n) is 1.70. The van der Waals surface area contributed by atoms with Crippen molar-refractivity contribution in [2.75, 3.05) is 11.9 Å². The first-order valence-electron chi connectivity index (χ1n) is 5.62. The molecule has 7 nitrogen and oxygen atoms in total. The number of rotatable bonds is 4. The van der Waals surface area contributed by atoms with Gasteiger partial charge in [-0.1, -0.05) is 11.2 Å². The maximum absolute atomic E-state index is 8.77. The first-order chi connectivity index (χ1) is 9.22. The van der Waals surface area contributed by atoms with E-state index in [0.717, 1.165) is 5.56 Å². The molecule has 0 atom stereocenters. The standard InChI is InChI=1S/C12H14N6O/c1-18(8-9-3-2-5-14-7-9)12-10(11(13)17-19)4-6-15-16-12/h2-7,19H,8H2,1H3,(H2,13,17). The molecular formula is C12H14N6O. The predicted molar refractivity (Wildman–Crippen MR) is 70.9 cm³/mol. The first-order valence-corrected chi connectivity index (χ1v) is 5.62. The Kier molecular flexibility index (Phi) is 3.87. The molecule has 2 heterocycles. The SMILES string of the molecule is CN(Cc1cccnc1)c1nnccc1/C(N)=N/O. The number of anilines is 1. The Hall–Kier alpha value is -2.70. The van der Waals surface area contributed by atoms with Gasteiger partial charge in [-0.05, 0) is 17.7 Å². The second-order valence-corrected chi connectivity index (χ2v) is 3.97. The van der Waals surface area contributed by atoms with Crippen LogP contribution >= 0.6 is 0 Å². The fraction of sp³-hybridized carbons (Fsp3) is 0.167. The summed E-state index contributed by atoms with van der Waals surface area (Å²) in [6, 6.07) is 5.48. The lowest BCUT2D eigenvalue weighted by atomic mass is 10.2. The van der Waals surface area contributed by atoms with E-state index >= 15 is 0 Å². The van der Waals surface area contributed by atoms with Gasteiger partial charge in [-0.15, -0.1) is 5.10 Å². The largest absolute Gasteiger partial charge is 0.409 e. The van der Waals surface area contributed by atoms with Gasteiger partial charge in [0, 0.05) is 26.0 Å². The molecule has 2 rings (SSSR count). The van der Waals surface area contributed by atoms with Crippen LogP contribution < -0.4 is 10.6 Å². The molecule has 2 aromatic rings. The van der Waals surface area contributed by atoms with Crippen molar-refractivity contribution in [3.8, 4) is 0 Å². The Morgan fingerprint density at radius 2 is 2.26 bits per heavy atom. The summed E-state index contributed by atoms with van der Waals surface area (Å²) in [6.07, 6.45) is 4.98. The second kappa shape index (κ2) is 5.76. The van der Waals surface area contributed by atoms with Gasteiger partial charge in [-0.3, -0.25) is 4.98 Å². The van der Waals surface area contributed by atoms with Crippen LogP contribution in [0.2, 0.25) is 0 Å². The van der Waals surface area contributed by atoms with Crippen molar-refractivity contribution in [3.63, 3.8) is 0 Å². The van der Waals surface area contributed by atoms with Crippen molar-refractivity contribution in [1.29, 1.82) is 0 Å². The molecular weight excluding hydrogens is 244 g/mol. The molecule has 3 N–H and O–H groups in total. The van der Waals surface area contributed by atoms with Gasteiger partial charge in [0.05, 0.1) is 11.8 Å². The summed E-state index contributed by atoms with van der Waals surface area (Å²) in [5.74, 6) is 0.546. The van der Waals surface area contributed by atoms with Crippen LogP contribution in [0.25, 0.3) is 0 Å². The molecule has 0 unspecified atom stereocenters. The Labute approximate surface area is 110 Å². The molecule has 7 heteroatoms. The monoisotopic (exact) mass is 258 g/mol. The molecule has 0 aliphatic heterocycles.